The topological polar surface area (TPSA) is 63.3 Å². The van der Waals surface area contributed by atoms with Crippen LogP contribution in [-0.2, 0) is 6.54 Å². The first-order valence-corrected chi connectivity index (χ1v) is 10.9. The van der Waals surface area contributed by atoms with Gasteiger partial charge in [-0.3, -0.25) is 4.79 Å². The van der Waals surface area contributed by atoms with E-state index in [4.69, 9.17) is 9.47 Å². The number of para-hydroxylation sites is 1. The Balaban J connectivity index is 1.65. The Morgan fingerprint density at radius 3 is 2.58 bits per heavy atom. The van der Waals surface area contributed by atoms with E-state index in [2.05, 4.69) is 10.3 Å². The van der Waals surface area contributed by atoms with E-state index in [9.17, 15) is 4.79 Å². The van der Waals surface area contributed by atoms with Gasteiger partial charge in [0, 0.05) is 28.5 Å². The monoisotopic (exact) mass is 432 g/mol. The van der Waals surface area contributed by atoms with Crippen molar-refractivity contribution in [3.8, 4) is 11.5 Å². The van der Waals surface area contributed by atoms with Gasteiger partial charge in [0.1, 0.15) is 17.2 Å². The first-order valence-electron chi connectivity index (χ1n) is 10.1. The molecule has 2 N–H and O–H groups in total. The molecule has 0 fully saturated rings. The summed E-state index contributed by atoms with van der Waals surface area (Å²) in [6.07, 6.45) is 0. The average molecular weight is 433 g/mol. The fourth-order valence-electron chi connectivity index (χ4n) is 3.36. The van der Waals surface area contributed by atoms with E-state index in [-0.39, 0.29) is 5.91 Å². The number of methoxy groups -OCH3 is 1. The van der Waals surface area contributed by atoms with Crippen LogP contribution in [0.1, 0.15) is 23.0 Å². The molecule has 1 aromatic heterocycles. The third kappa shape index (κ3) is 4.70. The van der Waals surface area contributed by atoms with Crippen molar-refractivity contribution in [2.24, 2.45) is 0 Å². The fourth-order valence-corrected chi connectivity index (χ4v) is 4.42. The highest BCUT2D eigenvalue weighted by molar-refractivity contribution is 7.99. The molecule has 158 valence electrons. The second-order valence-corrected chi connectivity index (χ2v) is 7.96. The van der Waals surface area contributed by atoms with Crippen molar-refractivity contribution in [2.75, 3.05) is 13.7 Å². The van der Waals surface area contributed by atoms with Gasteiger partial charge in [-0.25, -0.2) is 0 Å². The number of nitrogens with one attached hydrogen (secondary N) is 2. The molecule has 5 nitrogen and oxygen atoms in total. The number of fused-ring (bicyclic) bond motifs is 1. The molecule has 0 bridgehead atoms. The Labute approximate surface area is 185 Å². The molecule has 0 spiro atoms. The van der Waals surface area contributed by atoms with Crippen molar-refractivity contribution in [3.05, 3.63) is 84.1 Å². The molecule has 0 saturated carbocycles. The maximum absolute atomic E-state index is 13.2. The smallest absolute Gasteiger partial charge is 0.269 e. The molecule has 0 radical (unpaired) electrons. The Morgan fingerprint density at radius 2 is 1.81 bits per heavy atom. The SMILES string of the molecule is CCOc1ccccc1CNC(=O)c1[nH]c2cc(OC)ccc2c1Sc1ccccc1. The maximum atomic E-state index is 13.2. The number of aromatic amines is 1. The van der Waals surface area contributed by atoms with Crippen LogP contribution in [0.3, 0.4) is 0 Å². The number of carbonyl (C=O) groups excluding carboxylic acids is 1. The van der Waals surface area contributed by atoms with Crippen LogP contribution in [0.15, 0.2) is 82.6 Å². The first kappa shape index (κ1) is 20.9. The molecule has 6 heteroatoms. The molecule has 0 aliphatic heterocycles. The maximum Gasteiger partial charge on any atom is 0.269 e. The number of aromatic nitrogens is 1. The molecule has 0 saturated heterocycles. The number of amides is 1. The lowest BCUT2D eigenvalue weighted by Crippen LogP contribution is -2.24. The predicted molar refractivity (Wildman–Crippen MR) is 124 cm³/mol. The molecule has 4 aromatic rings. The van der Waals surface area contributed by atoms with E-state index >= 15 is 0 Å². The summed E-state index contributed by atoms with van der Waals surface area (Å²) in [5.74, 6) is 1.35. The van der Waals surface area contributed by atoms with Crippen LogP contribution in [0, 0.1) is 0 Å². The third-order valence-electron chi connectivity index (χ3n) is 4.86. The molecule has 1 heterocycles. The second kappa shape index (κ2) is 9.62. The summed E-state index contributed by atoms with van der Waals surface area (Å²) >= 11 is 1.57. The van der Waals surface area contributed by atoms with E-state index in [1.165, 1.54) is 0 Å². The number of ether oxygens (including phenoxy) is 2. The lowest BCUT2D eigenvalue weighted by molar-refractivity contribution is 0.0943. The van der Waals surface area contributed by atoms with Gasteiger partial charge in [-0.2, -0.15) is 0 Å². The number of hydrogen-bond donors (Lipinski definition) is 2. The van der Waals surface area contributed by atoms with Crippen LogP contribution in [0.4, 0.5) is 0 Å². The lowest BCUT2D eigenvalue weighted by Gasteiger charge is -2.11. The zero-order valence-corrected chi connectivity index (χ0v) is 18.3. The quantitative estimate of drug-likeness (QED) is 0.377. The zero-order chi connectivity index (χ0) is 21.6. The minimum Gasteiger partial charge on any atom is -0.497 e. The van der Waals surface area contributed by atoms with Gasteiger partial charge in [-0.15, -0.1) is 0 Å². The van der Waals surface area contributed by atoms with Crippen molar-refractivity contribution >= 4 is 28.6 Å². The van der Waals surface area contributed by atoms with E-state index in [1.54, 1.807) is 18.9 Å². The van der Waals surface area contributed by atoms with Crippen LogP contribution in [0.2, 0.25) is 0 Å². The number of hydrogen-bond acceptors (Lipinski definition) is 4. The number of carbonyl (C=O) groups is 1. The lowest BCUT2D eigenvalue weighted by atomic mass is 10.2. The number of H-pyrrole nitrogens is 1. The van der Waals surface area contributed by atoms with Gasteiger partial charge in [0.05, 0.1) is 24.1 Å². The van der Waals surface area contributed by atoms with Gasteiger partial charge in [-0.1, -0.05) is 48.2 Å². The van der Waals surface area contributed by atoms with Crippen LogP contribution in [-0.4, -0.2) is 24.6 Å². The minimum absolute atomic E-state index is 0.167. The van der Waals surface area contributed by atoms with E-state index in [1.807, 2.05) is 79.7 Å². The van der Waals surface area contributed by atoms with Gasteiger partial charge < -0.3 is 19.8 Å². The van der Waals surface area contributed by atoms with Gasteiger partial charge in [0.2, 0.25) is 0 Å². The number of benzene rings is 3. The van der Waals surface area contributed by atoms with Crippen molar-refractivity contribution < 1.29 is 14.3 Å². The van der Waals surface area contributed by atoms with Crippen molar-refractivity contribution in [3.63, 3.8) is 0 Å². The molecular formula is C25H24N2O3S. The molecule has 4 rings (SSSR count). The second-order valence-electron chi connectivity index (χ2n) is 6.88. The Kier molecular flexibility index (Phi) is 6.48. The van der Waals surface area contributed by atoms with Gasteiger partial charge >= 0.3 is 0 Å². The predicted octanol–water partition coefficient (Wildman–Crippen LogP) is 5.66. The minimum atomic E-state index is -0.167. The summed E-state index contributed by atoms with van der Waals surface area (Å²) < 4.78 is 11.0. The molecule has 31 heavy (non-hydrogen) atoms. The summed E-state index contributed by atoms with van der Waals surface area (Å²) in [6.45, 7) is 2.90. The van der Waals surface area contributed by atoms with Gasteiger partial charge in [0.25, 0.3) is 5.91 Å². The zero-order valence-electron chi connectivity index (χ0n) is 17.5. The molecule has 0 unspecified atom stereocenters. The fraction of sp³-hybridized carbons (Fsp3) is 0.160. The van der Waals surface area contributed by atoms with E-state index in [0.29, 0.717) is 18.8 Å². The summed E-state index contributed by atoms with van der Waals surface area (Å²) in [5, 5.41) is 4.02. The average Bonchev–Trinajstić information content (AvgIpc) is 3.16. The molecule has 0 aliphatic rings. The van der Waals surface area contributed by atoms with E-state index in [0.717, 1.165) is 37.8 Å². The van der Waals surface area contributed by atoms with Crippen molar-refractivity contribution in [1.29, 1.82) is 0 Å². The van der Waals surface area contributed by atoms with Crippen molar-refractivity contribution in [2.45, 2.75) is 23.3 Å². The normalized spacial score (nSPS) is 10.8. The summed E-state index contributed by atoms with van der Waals surface area (Å²) in [6, 6.07) is 23.6. The Morgan fingerprint density at radius 1 is 1.03 bits per heavy atom. The molecular weight excluding hydrogens is 408 g/mol. The largest absolute Gasteiger partial charge is 0.497 e. The van der Waals surface area contributed by atoms with Crippen molar-refractivity contribution in [1.82, 2.24) is 10.3 Å². The summed E-state index contributed by atoms with van der Waals surface area (Å²) in [4.78, 5) is 18.4. The van der Waals surface area contributed by atoms with Crippen LogP contribution in [0.5, 0.6) is 11.5 Å². The first-order chi connectivity index (χ1) is 15.2. The van der Waals surface area contributed by atoms with Gasteiger partial charge in [0.15, 0.2) is 0 Å². The molecule has 0 aliphatic carbocycles. The Bertz CT molecular complexity index is 1190. The van der Waals surface area contributed by atoms with Crippen LogP contribution >= 0.6 is 11.8 Å². The summed E-state index contributed by atoms with van der Waals surface area (Å²) in [7, 11) is 1.63. The molecule has 3 aromatic carbocycles. The highest BCUT2D eigenvalue weighted by Crippen LogP contribution is 2.37. The van der Waals surface area contributed by atoms with E-state index < -0.39 is 0 Å². The summed E-state index contributed by atoms with van der Waals surface area (Å²) in [5.41, 5.74) is 2.33. The Hall–Kier alpha value is -3.38. The highest BCUT2D eigenvalue weighted by Gasteiger charge is 2.19. The van der Waals surface area contributed by atoms with Crippen LogP contribution in [0.25, 0.3) is 10.9 Å². The molecule has 0 atom stereocenters. The standard InChI is InChI=1S/C25H24N2O3S/c1-3-30-22-12-8-7-9-17(22)16-26-25(28)23-24(31-19-10-5-4-6-11-19)20-14-13-18(29-2)15-21(20)27-23/h4-15,27H,3,16H2,1-2H3,(H,26,28). The third-order valence-corrected chi connectivity index (χ3v) is 6.00. The highest BCUT2D eigenvalue weighted by atomic mass is 32.2. The molecule has 1 amide bonds. The number of rotatable bonds is 8. The van der Waals surface area contributed by atoms with Gasteiger partial charge in [-0.05, 0) is 37.3 Å². The van der Waals surface area contributed by atoms with Crippen LogP contribution < -0.4 is 14.8 Å².